The highest BCUT2D eigenvalue weighted by Gasteiger charge is 2.06. The maximum absolute atomic E-state index is 11.9. The van der Waals surface area contributed by atoms with Crippen LogP contribution < -0.4 is 15.6 Å². The molecule has 0 fully saturated rings. The lowest BCUT2D eigenvalue weighted by atomic mass is 10.3. The molecule has 0 saturated heterocycles. The molecule has 1 heterocycles. The molecule has 1 N–H and O–H groups in total. The molecule has 0 aromatic carbocycles. The maximum atomic E-state index is 11.9. The molecule has 0 saturated carbocycles. The van der Waals surface area contributed by atoms with E-state index < -0.39 is 0 Å². The number of hydrogen-bond donors (Lipinski definition) is 1. The molecule has 0 aliphatic heterocycles. The van der Waals surface area contributed by atoms with Crippen LogP contribution in [0.3, 0.4) is 0 Å². The molecule has 6 nitrogen and oxygen atoms in total. The molecule has 20 heavy (non-hydrogen) atoms. The molecule has 0 spiro atoms. The average Bonchev–Trinajstić information content (AvgIpc) is 2.43. The van der Waals surface area contributed by atoms with Gasteiger partial charge < -0.3 is 14.8 Å². The monoisotopic (exact) mass is 283 g/mol. The van der Waals surface area contributed by atoms with Gasteiger partial charge in [0.1, 0.15) is 0 Å². The number of aryl methyl sites for hydroxylation is 1. The summed E-state index contributed by atoms with van der Waals surface area (Å²) in [5, 5.41) is 3.31. The van der Waals surface area contributed by atoms with Gasteiger partial charge in [0.2, 0.25) is 0 Å². The van der Waals surface area contributed by atoms with E-state index in [0.29, 0.717) is 18.2 Å². The summed E-state index contributed by atoms with van der Waals surface area (Å²) in [6, 6.07) is 1.89. The van der Waals surface area contributed by atoms with E-state index in [0.717, 1.165) is 39.1 Å². The minimum atomic E-state index is -0.0764. The fourth-order valence-corrected chi connectivity index (χ4v) is 1.87. The highest BCUT2D eigenvalue weighted by molar-refractivity contribution is 5.06. The zero-order valence-corrected chi connectivity index (χ0v) is 12.6. The van der Waals surface area contributed by atoms with Crippen LogP contribution in [0.4, 0.5) is 0 Å². The van der Waals surface area contributed by atoms with Crippen LogP contribution in [0.25, 0.3) is 0 Å². The second-order valence-electron chi connectivity index (χ2n) is 4.53. The third kappa shape index (κ3) is 5.71. The topological polar surface area (TPSA) is 65.4 Å². The number of unbranched alkanes of at least 4 members (excludes halogenated alkanes) is 1. The van der Waals surface area contributed by atoms with Crippen molar-refractivity contribution >= 4 is 0 Å². The van der Waals surface area contributed by atoms with Gasteiger partial charge >= 0.3 is 0 Å². The fourth-order valence-electron chi connectivity index (χ4n) is 1.87. The van der Waals surface area contributed by atoms with Crippen LogP contribution in [-0.2, 0) is 11.3 Å². The van der Waals surface area contributed by atoms with Crippen LogP contribution >= 0.6 is 0 Å². The SMILES string of the molecule is CCOCCCCNCCn1c(OC)nc(C)cc1=O. The zero-order chi connectivity index (χ0) is 14.8. The Morgan fingerprint density at radius 1 is 1.35 bits per heavy atom. The molecule has 1 rings (SSSR count). The molecular weight excluding hydrogens is 258 g/mol. The van der Waals surface area contributed by atoms with Crippen molar-refractivity contribution in [2.24, 2.45) is 0 Å². The van der Waals surface area contributed by atoms with Gasteiger partial charge in [0.25, 0.3) is 11.6 Å². The maximum Gasteiger partial charge on any atom is 0.299 e. The lowest BCUT2D eigenvalue weighted by Crippen LogP contribution is -2.29. The first kappa shape index (κ1) is 16.7. The number of hydrogen-bond acceptors (Lipinski definition) is 5. The van der Waals surface area contributed by atoms with Crippen LogP contribution in [0.1, 0.15) is 25.5 Å². The lowest BCUT2D eigenvalue weighted by molar-refractivity contribution is 0.143. The Hall–Kier alpha value is -1.40. The van der Waals surface area contributed by atoms with Gasteiger partial charge in [0, 0.05) is 38.1 Å². The van der Waals surface area contributed by atoms with E-state index in [2.05, 4.69) is 10.3 Å². The minimum absolute atomic E-state index is 0.0764. The predicted molar refractivity (Wildman–Crippen MR) is 78.4 cm³/mol. The minimum Gasteiger partial charge on any atom is -0.468 e. The highest BCUT2D eigenvalue weighted by atomic mass is 16.5. The zero-order valence-electron chi connectivity index (χ0n) is 12.6. The molecular formula is C14H25N3O3. The molecule has 114 valence electrons. The Bertz CT molecular complexity index is 446. The Balaban J connectivity index is 2.30. The molecule has 0 unspecified atom stereocenters. The first-order valence-electron chi connectivity index (χ1n) is 7.10. The molecule has 1 aromatic heterocycles. The van der Waals surface area contributed by atoms with Crippen molar-refractivity contribution in [1.29, 1.82) is 0 Å². The Morgan fingerprint density at radius 3 is 2.85 bits per heavy atom. The van der Waals surface area contributed by atoms with E-state index in [1.807, 2.05) is 6.92 Å². The summed E-state index contributed by atoms with van der Waals surface area (Å²) < 4.78 is 11.9. The number of ether oxygens (including phenoxy) is 2. The summed E-state index contributed by atoms with van der Waals surface area (Å²) in [7, 11) is 1.53. The molecule has 0 bridgehead atoms. The van der Waals surface area contributed by atoms with E-state index in [-0.39, 0.29) is 5.56 Å². The summed E-state index contributed by atoms with van der Waals surface area (Å²) in [6.07, 6.45) is 2.12. The average molecular weight is 283 g/mol. The standard InChI is InChI=1S/C14H25N3O3/c1-4-20-10-6-5-7-15-8-9-17-13(18)11-12(2)16-14(17)19-3/h11,15H,4-10H2,1-3H3. The molecule has 0 atom stereocenters. The van der Waals surface area contributed by atoms with Gasteiger partial charge in [-0.15, -0.1) is 0 Å². The van der Waals surface area contributed by atoms with Crippen LogP contribution in [-0.4, -0.2) is 43.0 Å². The van der Waals surface area contributed by atoms with Crippen molar-refractivity contribution in [3.05, 3.63) is 22.1 Å². The molecule has 1 aromatic rings. The van der Waals surface area contributed by atoms with Crippen LogP contribution in [0.5, 0.6) is 6.01 Å². The molecule has 0 amide bonds. The largest absolute Gasteiger partial charge is 0.468 e. The first-order chi connectivity index (χ1) is 9.69. The second kappa shape index (κ2) is 9.50. The van der Waals surface area contributed by atoms with Gasteiger partial charge in [-0.25, -0.2) is 4.98 Å². The van der Waals surface area contributed by atoms with Crippen LogP contribution in [0, 0.1) is 6.92 Å². The highest BCUT2D eigenvalue weighted by Crippen LogP contribution is 2.03. The molecule has 6 heteroatoms. The summed E-state index contributed by atoms with van der Waals surface area (Å²) in [5.74, 6) is 0. The van der Waals surface area contributed by atoms with E-state index in [1.54, 1.807) is 11.5 Å². The summed E-state index contributed by atoms with van der Waals surface area (Å²) >= 11 is 0. The Labute approximate surface area is 120 Å². The number of rotatable bonds is 10. The van der Waals surface area contributed by atoms with Gasteiger partial charge in [-0.2, -0.15) is 0 Å². The van der Waals surface area contributed by atoms with Gasteiger partial charge in [-0.05, 0) is 33.2 Å². The first-order valence-corrected chi connectivity index (χ1v) is 7.10. The fraction of sp³-hybridized carbons (Fsp3) is 0.714. The van der Waals surface area contributed by atoms with Crippen molar-refractivity contribution in [3.8, 4) is 6.01 Å². The Kier molecular flexibility index (Phi) is 7.91. The van der Waals surface area contributed by atoms with Crippen molar-refractivity contribution in [3.63, 3.8) is 0 Å². The van der Waals surface area contributed by atoms with E-state index in [1.165, 1.54) is 13.2 Å². The van der Waals surface area contributed by atoms with Crippen molar-refractivity contribution < 1.29 is 9.47 Å². The summed E-state index contributed by atoms with van der Waals surface area (Å²) in [6.45, 7) is 7.56. The van der Waals surface area contributed by atoms with Gasteiger partial charge in [0.05, 0.1) is 7.11 Å². The van der Waals surface area contributed by atoms with E-state index >= 15 is 0 Å². The van der Waals surface area contributed by atoms with E-state index in [9.17, 15) is 4.79 Å². The third-order valence-corrected chi connectivity index (χ3v) is 2.89. The number of nitrogens with zero attached hydrogens (tertiary/aromatic N) is 2. The number of methoxy groups -OCH3 is 1. The van der Waals surface area contributed by atoms with Crippen molar-refractivity contribution in [2.75, 3.05) is 33.4 Å². The lowest BCUT2D eigenvalue weighted by Gasteiger charge is -2.11. The van der Waals surface area contributed by atoms with Crippen LogP contribution in [0.15, 0.2) is 10.9 Å². The summed E-state index contributed by atoms with van der Waals surface area (Å²) in [4.78, 5) is 16.1. The number of nitrogens with one attached hydrogen (secondary N) is 1. The smallest absolute Gasteiger partial charge is 0.299 e. The second-order valence-corrected chi connectivity index (χ2v) is 4.53. The normalized spacial score (nSPS) is 10.8. The molecule has 0 aliphatic carbocycles. The molecule has 0 radical (unpaired) electrons. The van der Waals surface area contributed by atoms with E-state index in [4.69, 9.17) is 9.47 Å². The number of aromatic nitrogens is 2. The quantitative estimate of drug-likeness (QED) is 0.648. The van der Waals surface area contributed by atoms with Gasteiger partial charge in [-0.3, -0.25) is 9.36 Å². The molecule has 0 aliphatic rings. The Morgan fingerprint density at radius 2 is 2.15 bits per heavy atom. The van der Waals surface area contributed by atoms with Gasteiger partial charge in [-0.1, -0.05) is 0 Å². The predicted octanol–water partition coefficient (Wildman–Crippen LogP) is 0.967. The van der Waals surface area contributed by atoms with Crippen LogP contribution in [0.2, 0.25) is 0 Å². The van der Waals surface area contributed by atoms with Gasteiger partial charge in [0.15, 0.2) is 0 Å². The third-order valence-electron chi connectivity index (χ3n) is 2.89. The van der Waals surface area contributed by atoms with Crippen molar-refractivity contribution in [1.82, 2.24) is 14.9 Å². The van der Waals surface area contributed by atoms with Crippen molar-refractivity contribution in [2.45, 2.75) is 33.2 Å². The summed E-state index contributed by atoms with van der Waals surface area (Å²) in [5.41, 5.74) is 0.597.